The maximum absolute atomic E-state index is 13.7. The van der Waals surface area contributed by atoms with E-state index in [0.717, 1.165) is 38.5 Å². The molecule has 184 valence electrons. The number of halogens is 1. The Bertz CT molecular complexity index is 1170. The fourth-order valence-corrected chi connectivity index (χ4v) is 5.93. The number of dihydropyridines is 1. The lowest BCUT2D eigenvalue weighted by atomic mass is 9.72. The average Bonchev–Trinajstić information content (AvgIpc) is 2.86. The molecule has 0 fully saturated rings. The van der Waals surface area contributed by atoms with Crippen molar-refractivity contribution in [1.82, 2.24) is 5.32 Å². The normalized spacial score (nSPS) is 19.8. The zero-order chi connectivity index (χ0) is 24.9. The number of hydrogen-bond donors (Lipinski definition) is 1. The highest BCUT2D eigenvalue weighted by molar-refractivity contribution is 9.10. The minimum atomic E-state index is -0.496. The fraction of sp³-hybridized carbons (Fsp3) is 0.357. The molecule has 1 aliphatic heterocycles. The van der Waals surface area contributed by atoms with Crippen molar-refractivity contribution in [2.24, 2.45) is 0 Å². The van der Waals surface area contributed by atoms with Gasteiger partial charge < -0.3 is 14.8 Å². The van der Waals surface area contributed by atoms with Crippen molar-refractivity contribution in [3.63, 3.8) is 0 Å². The summed E-state index contributed by atoms with van der Waals surface area (Å²) in [6.07, 6.45) is 1.12. The van der Waals surface area contributed by atoms with Crippen LogP contribution in [-0.2, 0) is 14.3 Å². The van der Waals surface area contributed by atoms with Gasteiger partial charge in [0.2, 0.25) is 0 Å². The molecular weight excluding hydrogens is 526 g/mol. The maximum atomic E-state index is 13.7. The zero-order valence-electron chi connectivity index (χ0n) is 20.2. The van der Waals surface area contributed by atoms with Crippen molar-refractivity contribution in [1.29, 1.82) is 0 Å². The van der Waals surface area contributed by atoms with Crippen LogP contribution < -0.4 is 10.1 Å². The Morgan fingerprint density at radius 1 is 1.14 bits per heavy atom. The number of hydrogen-bond acceptors (Lipinski definition) is 6. The van der Waals surface area contributed by atoms with E-state index < -0.39 is 5.92 Å². The number of thioether (sulfide) groups is 1. The molecule has 2 atom stereocenters. The minimum Gasteiger partial charge on any atom is -0.496 e. The van der Waals surface area contributed by atoms with E-state index in [1.165, 1.54) is 0 Å². The third-order valence-corrected chi connectivity index (χ3v) is 7.98. The second-order valence-corrected chi connectivity index (χ2v) is 10.9. The monoisotopic (exact) mass is 555 g/mol. The molecule has 0 saturated carbocycles. The summed E-state index contributed by atoms with van der Waals surface area (Å²) in [5.41, 5.74) is 4.78. The summed E-state index contributed by atoms with van der Waals surface area (Å²) in [7, 11) is 1.61. The van der Waals surface area contributed by atoms with Crippen molar-refractivity contribution in [2.45, 2.75) is 38.5 Å². The number of benzene rings is 2. The molecule has 0 radical (unpaired) electrons. The highest BCUT2D eigenvalue weighted by Gasteiger charge is 2.41. The van der Waals surface area contributed by atoms with E-state index in [-0.39, 0.29) is 17.7 Å². The first-order chi connectivity index (χ1) is 16.9. The molecule has 35 heavy (non-hydrogen) atoms. The molecule has 4 rings (SSSR count). The van der Waals surface area contributed by atoms with Gasteiger partial charge in [0.15, 0.2) is 5.78 Å². The SMILES string of the molecule is CCSCCOC(=O)C1=C(C)NC2=C(C(=O)CC(c3ccccc3)C2)C1c1ccc(OC)c(Br)c1. The summed E-state index contributed by atoms with van der Waals surface area (Å²) >= 11 is 5.30. The van der Waals surface area contributed by atoms with Gasteiger partial charge in [0, 0.05) is 35.1 Å². The van der Waals surface area contributed by atoms with Crippen molar-refractivity contribution in [3.05, 3.63) is 86.7 Å². The van der Waals surface area contributed by atoms with Crippen LogP contribution in [0, 0.1) is 0 Å². The second kappa shape index (κ2) is 11.5. The number of carbonyl (C=O) groups excluding carboxylic acids is 2. The summed E-state index contributed by atoms with van der Waals surface area (Å²) in [4.78, 5) is 27.0. The third-order valence-electron chi connectivity index (χ3n) is 6.49. The first-order valence-electron chi connectivity index (χ1n) is 11.8. The van der Waals surface area contributed by atoms with Gasteiger partial charge in [0.1, 0.15) is 12.4 Å². The van der Waals surface area contributed by atoms with Crippen molar-refractivity contribution < 1.29 is 19.1 Å². The van der Waals surface area contributed by atoms with Gasteiger partial charge in [0.25, 0.3) is 0 Å². The van der Waals surface area contributed by atoms with Crippen LogP contribution in [0.5, 0.6) is 5.75 Å². The summed E-state index contributed by atoms with van der Waals surface area (Å²) in [6, 6.07) is 15.9. The number of ketones is 1. The van der Waals surface area contributed by atoms with Gasteiger partial charge in [0.05, 0.1) is 17.2 Å². The van der Waals surface area contributed by atoms with Gasteiger partial charge in [-0.2, -0.15) is 11.8 Å². The molecule has 1 N–H and O–H groups in total. The topological polar surface area (TPSA) is 64.6 Å². The molecule has 2 aromatic rings. The molecular formula is C28H30BrNO4S. The number of rotatable bonds is 8. The lowest BCUT2D eigenvalue weighted by molar-refractivity contribution is -0.138. The van der Waals surface area contributed by atoms with Crippen molar-refractivity contribution in [2.75, 3.05) is 25.2 Å². The molecule has 2 aliphatic rings. The number of methoxy groups -OCH3 is 1. The fourth-order valence-electron chi connectivity index (χ4n) is 4.88. The van der Waals surface area contributed by atoms with Crippen LogP contribution in [0.15, 0.2) is 75.5 Å². The predicted octanol–water partition coefficient (Wildman–Crippen LogP) is 6.12. The van der Waals surface area contributed by atoms with Gasteiger partial charge in [-0.05, 0) is 64.2 Å². The molecule has 0 saturated heterocycles. The molecule has 1 heterocycles. The van der Waals surface area contributed by atoms with E-state index in [0.29, 0.717) is 36.3 Å². The lowest BCUT2D eigenvalue weighted by Crippen LogP contribution is -2.36. The second-order valence-electron chi connectivity index (χ2n) is 8.65. The molecule has 0 aromatic heterocycles. The number of nitrogens with one attached hydrogen (secondary N) is 1. The van der Waals surface area contributed by atoms with E-state index in [4.69, 9.17) is 9.47 Å². The third kappa shape index (κ3) is 5.51. The van der Waals surface area contributed by atoms with Crippen LogP contribution in [0.2, 0.25) is 0 Å². The summed E-state index contributed by atoms with van der Waals surface area (Å²) < 4.78 is 11.8. The molecule has 7 heteroatoms. The van der Waals surface area contributed by atoms with Crippen LogP contribution in [-0.4, -0.2) is 37.0 Å². The van der Waals surface area contributed by atoms with Crippen molar-refractivity contribution >= 4 is 39.4 Å². The van der Waals surface area contributed by atoms with E-state index >= 15 is 0 Å². The number of esters is 1. The first-order valence-corrected chi connectivity index (χ1v) is 13.8. The Morgan fingerprint density at radius 2 is 1.91 bits per heavy atom. The number of Topliss-reactive ketones (excluding diaryl/α,β-unsaturated/α-hetero) is 1. The quantitative estimate of drug-likeness (QED) is 0.313. The van der Waals surface area contributed by atoms with E-state index in [9.17, 15) is 9.59 Å². The zero-order valence-corrected chi connectivity index (χ0v) is 22.6. The standard InChI is InChI=1S/C28H30BrNO4S/c1-4-35-13-12-34-28(32)25-17(2)30-22-15-20(18-8-6-5-7-9-18)16-23(31)27(22)26(25)19-10-11-24(33-3)21(29)14-19/h5-11,14,20,26,30H,4,12-13,15-16H2,1-3H3. The molecule has 2 aromatic carbocycles. The predicted molar refractivity (Wildman–Crippen MR) is 144 cm³/mol. The smallest absolute Gasteiger partial charge is 0.336 e. The van der Waals surface area contributed by atoms with Crippen molar-refractivity contribution in [3.8, 4) is 5.75 Å². The number of ether oxygens (including phenoxy) is 2. The van der Waals surface area contributed by atoms with E-state index in [1.54, 1.807) is 18.9 Å². The Kier molecular flexibility index (Phi) is 8.39. The largest absolute Gasteiger partial charge is 0.496 e. The molecule has 5 nitrogen and oxygen atoms in total. The molecule has 0 spiro atoms. The van der Waals surface area contributed by atoms with Gasteiger partial charge in [-0.3, -0.25) is 4.79 Å². The van der Waals surface area contributed by atoms with Crippen LogP contribution in [0.4, 0.5) is 0 Å². The van der Waals surface area contributed by atoms with Crippen LogP contribution >= 0.6 is 27.7 Å². The molecule has 1 aliphatic carbocycles. The summed E-state index contributed by atoms with van der Waals surface area (Å²) in [5, 5.41) is 3.41. The molecule has 0 amide bonds. The Balaban J connectivity index is 1.74. The summed E-state index contributed by atoms with van der Waals surface area (Å²) in [6.45, 7) is 4.31. The number of carbonyl (C=O) groups is 2. The Hall–Kier alpha value is -2.51. The van der Waals surface area contributed by atoms with Gasteiger partial charge in [-0.15, -0.1) is 0 Å². The van der Waals surface area contributed by atoms with Gasteiger partial charge >= 0.3 is 5.97 Å². The first kappa shape index (κ1) is 25.6. The van der Waals surface area contributed by atoms with Crippen LogP contribution in [0.3, 0.4) is 0 Å². The Morgan fingerprint density at radius 3 is 2.60 bits per heavy atom. The van der Waals surface area contributed by atoms with Gasteiger partial charge in [-0.25, -0.2) is 4.79 Å². The number of allylic oxidation sites excluding steroid dienone is 3. The highest BCUT2D eigenvalue weighted by atomic mass is 79.9. The molecule has 2 unspecified atom stereocenters. The van der Waals surface area contributed by atoms with Gasteiger partial charge in [-0.1, -0.05) is 43.3 Å². The minimum absolute atomic E-state index is 0.0592. The summed E-state index contributed by atoms with van der Waals surface area (Å²) in [5.74, 6) is 1.69. The highest BCUT2D eigenvalue weighted by Crippen LogP contribution is 2.46. The van der Waals surface area contributed by atoms with E-state index in [2.05, 4.69) is 40.3 Å². The lowest BCUT2D eigenvalue weighted by Gasteiger charge is -2.36. The van der Waals surface area contributed by atoms with E-state index in [1.807, 2.05) is 43.3 Å². The van der Waals surface area contributed by atoms with Crippen LogP contribution in [0.25, 0.3) is 0 Å². The average molecular weight is 557 g/mol. The molecule has 0 bridgehead atoms. The Labute approximate surface area is 219 Å². The van der Waals surface area contributed by atoms with Crippen LogP contribution in [0.1, 0.15) is 49.7 Å². The maximum Gasteiger partial charge on any atom is 0.336 e.